The Labute approximate surface area is 284 Å². The Morgan fingerprint density at radius 1 is 0.766 bits per heavy atom. The monoisotopic (exact) mass is 677 g/mol. The summed E-state index contributed by atoms with van der Waals surface area (Å²) in [6.07, 6.45) is -0.988. The number of rotatable bonds is 11. The number of aliphatic hydroxyl groups is 1. The lowest BCUT2D eigenvalue weighted by atomic mass is 9.86. The summed E-state index contributed by atoms with van der Waals surface area (Å²) >= 11 is 0. The number of ether oxygens (including phenoxy) is 2. The van der Waals surface area contributed by atoms with Gasteiger partial charge >= 0.3 is 0 Å². The topological polar surface area (TPSA) is 80.6 Å². The van der Waals surface area contributed by atoms with Crippen LogP contribution in [-0.2, 0) is 0 Å². The molecule has 0 saturated carbocycles. The van der Waals surface area contributed by atoms with E-state index in [0.29, 0.717) is 40.4 Å². The first-order valence-corrected chi connectivity index (χ1v) is 22.3. The number of nitrogens with zero attached hydrogens (tertiary/aromatic N) is 1. The van der Waals surface area contributed by atoms with Crippen LogP contribution < -0.4 is 18.3 Å². The van der Waals surface area contributed by atoms with Crippen molar-refractivity contribution in [3.05, 3.63) is 77.4 Å². The molecule has 1 aliphatic heterocycles. The molecule has 0 aliphatic carbocycles. The smallest absolute Gasteiger partial charge is 0.250 e. The quantitative estimate of drug-likeness (QED) is 0.196. The largest absolute Gasteiger partial charge is 0.543 e. The zero-order valence-corrected chi connectivity index (χ0v) is 32.4. The number of hydrogen-bond acceptors (Lipinski definition) is 7. The fourth-order valence-corrected chi connectivity index (χ4v) is 6.86. The molecule has 0 aromatic heterocycles. The number of aliphatic hydroxyl groups excluding tert-OH is 1. The van der Waals surface area contributed by atoms with Gasteiger partial charge in [0.1, 0.15) is 48.1 Å². The third-order valence-corrected chi connectivity index (χ3v) is 18.6. The maximum absolute atomic E-state index is 12.0. The van der Waals surface area contributed by atoms with Crippen molar-refractivity contribution < 1.29 is 28.5 Å². The van der Waals surface area contributed by atoms with Crippen LogP contribution in [0.3, 0.4) is 0 Å². The molecule has 1 unspecified atom stereocenters. The van der Waals surface area contributed by atoms with Gasteiger partial charge < -0.3 is 33.4 Å². The fraction of sp³-hybridized carbons (Fsp3) is 0.474. The van der Waals surface area contributed by atoms with Gasteiger partial charge in [0, 0.05) is 41.0 Å². The second-order valence-electron chi connectivity index (χ2n) is 15.9. The molecule has 47 heavy (non-hydrogen) atoms. The predicted molar refractivity (Wildman–Crippen MR) is 198 cm³/mol. The average Bonchev–Trinajstić information content (AvgIpc) is 2.95. The molecule has 3 aromatic carbocycles. The van der Waals surface area contributed by atoms with Crippen molar-refractivity contribution in [1.82, 2.24) is 4.90 Å². The minimum Gasteiger partial charge on any atom is -0.543 e. The molecule has 0 radical (unpaired) electrons. The van der Waals surface area contributed by atoms with Crippen LogP contribution >= 0.6 is 0 Å². The van der Waals surface area contributed by atoms with Crippen LogP contribution in [-0.4, -0.2) is 65.6 Å². The van der Waals surface area contributed by atoms with Gasteiger partial charge in [0.2, 0.25) is 16.6 Å². The third-order valence-electron chi connectivity index (χ3n) is 9.87. The van der Waals surface area contributed by atoms with Crippen molar-refractivity contribution in [2.24, 2.45) is 0 Å². The van der Waals surface area contributed by atoms with E-state index in [4.69, 9.17) is 18.3 Å². The molecule has 0 amide bonds. The summed E-state index contributed by atoms with van der Waals surface area (Å²) in [5.74, 6) is 2.85. The summed E-state index contributed by atoms with van der Waals surface area (Å²) < 4.78 is 25.3. The predicted octanol–water partition coefficient (Wildman–Crippen LogP) is 9.14. The number of phenols is 1. The zero-order valence-electron chi connectivity index (χ0n) is 30.4. The highest BCUT2D eigenvalue weighted by Gasteiger charge is 2.40. The van der Waals surface area contributed by atoms with Crippen LogP contribution in [0.5, 0.6) is 28.7 Å². The summed E-state index contributed by atoms with van der Waals surface area (Å²) in [6.45, 7) is 23.6. The van der Waals surface area contributed by atoms with Crippen molar-refractivity contribution in [3.8, 4) is 28.7 Å². The first-order chi connectivity index (χ1) is 21.7. The van der Waals surface area contributed by atoms with Gasteiger partial charge in [0.15, 0.2) is 0 Å². The summed E-state index contributed by atoms with van der Waals surface area (Å²) in [6, 6.07) is 18.8. The van der Waals surface area contributed by atoms with Crippen molar-refractivity contribution >= 4 is 27.8 Å². The molecule has 3 aromatic rings. The van der Waals surface area contributed by atoms with Crippen molar-refractivity contribution in [2.45, 2.75) is 83.9 Å². The number of aromatic hydroxyl groups is 1. The molecule has 9 heteroatoms. The van der Waals surface area contributed by atoms with Crippen LogP contribution in [0.4, 0.5) is 0 Å². The van der Waals surface area contributed by atoms with Gasteiger partial charge in [-0.1, -0.05) is 53.7 Å². The van der Waals surface area contributed by atoms with Crippen LogP contribution in [0.2, 0.25) is 36.3 Å². The first-order valence-electron chi connectivity index (χ1n) is 16.5. The third kappa shape index (κ3) is 8.43. The maximum Gasteiger partial charge on any atom is 0.250 e. The summed E-state index contributed by atoms with van der Waals surface area (Å²) in [4.78, 5) is 2.07. The molecule has 2 N–H and O–H groups in total. The molecule has 1 aliphatic rings. The van der Waals surface area contributed by atoms with E-state index in [1.54, 1.807) is 6.07 Å². The Kier molecular flexibility index (Phi) is 10.7. The molecule has 0 spiro atoms. The van der Waals surface area contributed by atoms with Crippen LogP contribution in [0.25, 0.3) is 11.1 Å². The maximum atomic E-state index is 12.0. The minimum atomic E-state index is -2.11. The lowest BCUT2D eigenvalue weighted by Gasteiger charge is -2.37. The van der Waals surface area contributed by atoms with Gasteiger partial charge in [-0.25, -0.2) is 0 Å². The Morgan fingerprint density at radius 2 is 1.28 bits per heavy atom. The second-order valence-corrected chi connectivity index (χ2v) is 25.3. The summed E-state index contributed by atoms with van der Waals surface area (Å²) in [5, 5.41) is 23.5. The molecule has 256 valence electrons. The average molecular weight is 678 g/mol. The Bertz CT molecular complexity index is 1580. The second kappa shape index (κ2) is 13.7. The van der Waals surface area contributed by atoms with E-state index < -0.39 is 22.7 Å². The number of hydrogen-bond donors (Lipinski definition) is 2. The van der Waals surface area contributed by atoms with Crippen molar-refractivity contribution in [1.29, 1.82) is 0 Å². The molecular weight excluding hydrogens is 623 g/mol. The van der Waals surface area contributed by atoms with E-state index in [-0.39, 0.29) is 22.4 Å². The number of likely N-dealkylation sites (N-methyl/N-ethyl adjacent to an activating group) is 1. The number of fused-ring (bicyclic) bond motifs is 1. The van der Waals surface area contributed by atoms with Gasteiger partial charge in [-0.05, 0) is 92.3 Å². The Hall–Kier alpha value is -3.25. The SMILES string of the molecule is CN(C)CCOc1ccc(C(O)C2=C(c3ccc(O[Si](C)(C)C(C)(C)C)cc3O)COc3cc(O[Si](C)(C)C(C)(C)C)ccc32)cc1. The van der Waals surface area contributed by atoms with Gasteiger partial charge in [-0.2, -0.15) is 0 Å². The highest BCUT2D eigenvalue weighted by molar-refractivity contribution is 6.75. The van der Waals surface area contributed by atoms with E-state index in [9.17, 15) is 10.2 Å². The normalized spacial score (nSPS) is 14.9. The lowest BCUT2D eigenvalue weighted by Crippen LogP contribution is -2.43. The molecular formula is C38H55NO6Si2. The lowest BCUT2D eigenvalue weighted by molar-refractivity contribution is 0.235. The highest BCUT2D eigenvalue weighted by Crippen LogP contribution is 2.48. The Morgan fingerprint density at radius 3 is 1.79 bits per heavy atom. The molecule has 0 saturated heterocycles. The Balaban J connectivity index is 1.77. The number of benzene rings is 3. The van der Waals surface area contributed by atoms with E-state index in [0.717, 1.165) is 23.6 Å². The zero-order chi connectivity index (χ0) is 34.9. The van der Waals surface area contributed by atoms with Crippen molar-refractivity contribution in [2.75, 3.05) is 33.9 Å². The summed E-state index contributed by atoms with van der Waals surface area (Å²) in [7, 11) is -0.179. The fourth-order valence-electron chi connectivity index (χ4n) is 4.82. The molecule has 0 bridgehead atoms. The molecule has 4 rings (SSSR count). The van der Waals surface area contributed by atoms with E-state index >= 15 is 0 Å². The van der Waals surface area contributed by atoms with Crippen LogP contribution in [0.1, 0.15) is 64.3 Å². The highest BCUT2D eigenvalue weighted by atomic mass is 28.4. The van der Waals surface area contributed by atoms with E-state index in [2.05, 4.69) is 72.6 Å². The molecule has 1 atom stereocenters. The number of phenolic OH excluding ortho intramolecular Hbond substituents is 1. The standard InChI is InChI=1S/C38H55NO6Si2/c1-37(2,3)46(9,10)44-28-17-19-30(33(40)23-28)32-25-43-34-24-29(45-47(11,12)38(4,5)6)18-20-31(34)35(32)36(41)26-13-15-27(16-14-26)42-22-21-39(7)8/h13-20,23-24,36,40-41H,21-22,25H2,1-12H3. The van der Waals surface area contributed by atoms with Gasteiger partial charge in [0.25, 0.3) is 0 Å². The van der Waals surface area contributed by atoms with Crippen molar-refractivity contribution in [3.63, 3.8) is 0 Å². The summed E-state index contributed by atoms with van der Waals surface area (Å²) in [5.41, 5.74) is 3.46. The molecule has 0 fully saturated rings. The van der Waals surface area contributed by atoms with Gasteiger partial charge in [-0.15, -0.1) is 0 Å². The minimum absolute atomic E-state index is 0.0160. The van der Waals surface area contributed by atoms with Crippen LogP contribution in [0.15, 0.2) is 60.7 Å². The van der Waals surface area contributed by atoms with E-state index in [1.807, 2.05) is 68.7 Å². The van der Waals surface area contributed by atoms with Gasteiger partial charge in [-0.3, -0.25) is 0 Å². The molecule has 1 heterocycles. The first kappa shape index (κ1) is 36.6. The van der Waals surface area contributed by atoms with Crippen LogP contribution in [0, 0.1) is 0 Å². The molecule has 7 nitrogen and oxygen atoms in total. The van der Waals surface area contributed by atoms with E-state index in [1.165, 1.54) is 0 Å². The van der Waals surface area contributed by atoms with Gasteiger partial charge in [0.05, 0.1) is 0 Å².